The van der Waals surface area contributed by atoms with Crippen molar-refractivity contribution in [1.29, 1.82) is 0 Å². The topological polar surface area (TPSA) is 0 Å². The van der Waals surface area contributed by atoms with Crippen molar-refractivity contribution in [3.05, 3.63) is 59.7 Å². The highest BCUT2D eigenvalue weighted by atomic mass is 19.1. The van der Waals surface area contributed by atoms with Crippen LogP contribution in [0.3, 0.4) is 0 Å². The molecule has 0 bridgehead atoms. The van der Waals surface area contributed by atoms with Gasteiger partial charge < -0.3 is 0 Å². The predicted molar refractivity (Wildman–Crippen MR) is 118 cm³/mol. The first-order valence-corrected chi connectivity index (χ1v) is 11.6. The summed E-state index contributed by atoms with van der Waals surface area (Å²) in [5, 5.41) is 0.859. The van der Waals surface area contributed by atoms with Crippen LogP contribution in [-0.2, 0) is 6.42 Å². The van der Waals surface area contributed by atoms with Gasteiger partial charge in [0.1, 0.15) is 11.6 Å². The Morgan fingerprint density at radius 1 is 1.03 bits per heavy atom. The fraction of sp³-hybridized carbons (Fsp3) is 0.556. The van der Waals surface area contributed by atoms with Crippen molar-refractivity contribution in [1.82, 2.24) is 0 Å². The molecule has 0 N–H and O–H groups in total. The van der Waals surface area contributed by atoms with Crippen molar-refractivity contribution in [2.45, 2.75) is 77.0 Å². The van der Waals surface area contributed by atoms with E-state index >= 15 is 4.39 Å². The third-order valence-electron chi connectivity index (χ3n) is 7.59. The van der Waals surface area contributed by atoms with Crippen LogP contribution in [0.5, 0.6) is 0 Å². The zero-order chi connectivity index (χ0) is 20.4. The molecule has 0 radical (unpaired) electrons. The Hall–Kier alpha value is -1.70. The summed E-state index contributed by atoms with van der Waals surface area (Å²) < 4.78 is 30.2. The lowest BCUT2D eigenvalue weighted by molar-refractivity contribution is 0.113. The highest BCUT2D eigenvalue weighted by Crippen LogP contribution is 2.49. The number of allylic oxidation sites excluding steroid dienone is 1. The predicted octanol–water partition coefficient (Wildman–Crippen LogP) is 8.34. The van der Waals surface area contributed by atoms with Crippen LogP contribution in [0.25, 0.3) is 10.8 Å². The Labute approximate surface area is 174 Å². The number of fused-ring (bicyclic) bond motifs is 2. The average Bonchev–Trinajstić information content (AvgIpc) is 2.72. The van der Waals surface area contributed by atoms with E-state index in [2.05, 4.69) is 13.5 Å². The van der Waals surface area contributed by atoms with Crippen LogP contribution < -0.4 is 0 Å². The maximum atomic E-state index is 15.4. The standard InChI is InChI=1S/C27H34F2/c1-3-5-7-19-15-23-12-13-24(27(29)26(23)25(28)16-19)22-11-10-20-14-18(6-4-2)8-9-21(20)17-22/h3,12-13,15-16,18,20-22H,1,4-11,14,17H2,2H3/t18?,20-,21?,22-/m1/s1. The lowest BCUT2D eigenvalue weighted by Gasteiger charge is -2.42. The molecular formula is C27H34F2. The molecule has 0 amide bonds. The molecule has 4 rings (SSSR count). The lowest BCUT2D eigenvalue weighted by atomic mass is 9.63. The molecule has 2 aliphatic rings. The molecule has 2 fully saturated rings. The maximum absolute atomic E-state index is 15.4. The van der Waals surface area contributed by atoms with E-state index in [-0.39, 0.29) is 17.1 Å². The van der Waals surface area contributed by atoms with E-state index in [1.807, 2.05) is 24.3 Å². The summed E-state index contributed by atoms with van der Waals surface area (Å²) >= 11 is 0. The molecular weight excluding hydrogens is 362 g/mol. The molecule has 0 aliphatic heterocycles. The largest absolute Gasteiger partial charge is 0.206 e. The number of aryl methyl sites for hydroxylation is 1. The van der Waals surface area contributed by atoms with E-state index in [0.717, 1.165) is 54.6 Å². The van der Waals surface area contributed by atoms with Crippen LogP contribution in [0, 0.1) is 29.4 Å². The van der Waals surface area contributed by atoms with Crippen LogP contribution in [-0.4, -0.2) is 0 Å². The first kappa shape index (κ1) is 20.6. The van der Waals surface area contributed by atoms with Gasteiger partial charge in [0.05, 0.1) is 5.39 Å². The number of halogens is 2. The van der Waals surface area contributed by atoms with E-state index in [9.17, 15) is 4.39 Å². The van der Waals surface area contributed by atoms with Gasteiger partial charge in [0.15, 0.2) is 0 Å². The molecule has 2 unspecified atom stereocenters. The summed E-state index contributed by atoms with van der Waals surface area (Å²) in [6.45, 7) is 6.01. The molecule has 2 saturated carbocycles. The first-order valence-electron chi connectivity index (χ1n) is 11.6. The minimum Gasteiger partial charge on any atom is -0.206 e. The molecule has 2 aromatic rings. The van der Waals surface area contributed by atoms with Crippen molar-refractivity contribution < 1.29 is 8.78 Å². The minimum absolute atomic E-state index is 0.179. The number of hydrogen-bond acceptors (Lipinski definition) is 0. The summed E-state index contributed by atoms with van der Waals surface area (Å²) in [6, 6.07) is 7.30. The molecule has 0 spiro atoms. The third kappa shape index (κ3) is 4.27. The zero-order valence-corrected chi connectivity index (χ0v) is 17.7. The van der Waals surface area contributed by atoms with E-state index < -0.39 is 5.82 Å². The van der Waals surface area contributed by atoms with Crippen molar-refractivity contribution in [3.63, 3.8) is 0 Å². The zero-order valence-electron chi connectivity index (χ0n) is 17.7. The molecule has 0 saturated heterocycles. The highest BCUT2D eigenvalue weighted by Gasteiger charge is 2.36. The van der Waals surface area contributed by atoms with Gasteiger partial charge in [0.2, 0.25) is 0 Å². The molecule has 0 aromatic heterocycles. The van der Waals surface area contributed by atoms with Gasteiger partial charge in [-0.15, -0.1) is 6.58 Å². The summed E-state index contributed by atoms with van der Waals surface area (Å²) in [7, 11) is 0. The van der Waals surface area contributed by atoms with Gasteiger partial charge in [-0.1, -0.05) is 50.5 Å². The fourth-order valence-electron chi connectivity index (χ4n) is 6.11. The Morgan fingerprint density at radius 2 is 1.83 bits per heavy atom. The molecule has 29 heavy (non-hydrogen) atoms. The van der Waals surface area contributed by atoms with E-state index in [4.69, 9.17) is 0 Å². The highest BCUT2D eigenvalue weighted by molar-refractivity contribution is 5.85. The minimum atomic E-state index is -0.422. The van der Waals surface area contributed by atoms with Crippen molar-refractivity contribution in [3.8, 4) is 0 Å². The fourth-order valence-corrected chi connectivity index (χ4v) is 6.11. The Kier molecular flexibility index (Phi) is 6.37. The third-order valence-corrected chi connectivity index (χ3v) is 7.59. The van der Waals surface area contributed by atoms with Crippen LogP contribution >= 0.6 is 0 Å². The number of rotatable bonds is 6. The molecule has 0 nitrogen and oxygen atoms in total. The van der Waals surface area contributed by atoms with Gasteiger partial charge in [-0.3, -0.25) is 0 Å². The van der Waals surface area contributed by atoms with E-state index in [1.165, 1.54) is 44.6 Å². The van der Waals surface area contributed by atoms with Crippen LogP contribution in [0.4, 0.5) is 8.78 Å². The number of benzene rings is 2. The van der Waals surface area contributed by atoms with Gasteiger partial charge in [0, 0.05) is 0 Å². The molecule has 4 atom stereocenters. The van der Waals surface area contributed by atoms with Crippen molar-refractivity contribution >= 4 is 10.8 Å². The van der Waals surface area contributed by atoms with Crippen molar-refractivity contribution in [2.24, 2.45) is 17.8 Å². The van der Waals surface area contributed by atoms with Gasteiger partial charge in [-0.25, -0.2) is 8.78 Å². The molecule has 2 aliphatic carbocycles. The smallest absolute Gasteiger partial charge is 0.137 e. The van der Waals surface area contributed by atoms with Crippen molar-refractivity contribution in [2.75, 3.05) is 0 Å². The second kappa shape index (κ2) is 8.98. The Bertz CT molecular complexity index is 868. The summed E-state index contributed by atoms with van der Waals surface area (Å²) in [4.78, 5) is 0. The second-order valence-electron chi connectivity index (χ2n) is 9.47. The monoisotopic (exact) mass is 396 g/mol. The molecule has 2 heteroatoms. The normalized spacial score (nSPS) is 27.0. The van der Waals surface area contributed by atoms with Gasteiger partial charge >= 0.3 is 0 Å². The lowest BCUT2D eigenvalue weighted by Crippen LogP contribution is -2.30. The summed E-state index contributed by atoms with van der Waals surface area (Å²) in [5.41, 5.74) is 1.65. The van der Waals surface area contributed by atoms with Crippen LogP contribution in [0.2, 0.25) is 0 Å². The SMILES string of the molecule is C=CCCc1cc(F)c2c(F)c([C@@H]3CC[C@@H]4CC(CCC)CCC4C3)ccc2c1. The second-order valence-corrected chi connectivity index (χ2v) is 9.47. The van der Waals surface area contributed by atoms with E-state index in [0.29, 0.717) is 5.39 Å². The summed E-state index contributed by atoms with van der Waals surface area (Å²) in [6.07, 6.45) is 13.3. The molecule has 0 heterocycles. The van der Waals surface area contributed by atoms with Crippen LogP contribution in [0.1, 0.15) is 81.8 Å². The number of hydrogen-bond donors (Lipinski definition) is 0. The molecule has 2 aromatic carbocycles. The van der Waals surface area contributed by atoms with Gasteiger partial charge in [-0.2, -0.15) is 0 Å². The van der Waals surface area contributed by atoms with Gasteiger partial charge in [-0.05, 0) is 91.2 Å². The summed E-state index contributed by atoms with van der Waals surface area (Å²) in [5.74, 6) is 1.95. The Morgan fingerprint density at radius 3 is 2.62 bits per heavy atom. The van der Waals surface area contributed by atoms with E-state index in [1.54, 1.807) is 0 Å². The molecule has 156 valence electrons. The van der Waals surface area contributed by atoms with Crippen LogP contribution in [0.15, 0.2) is 36.9 Å². The van der Waals surface area contributed by atoms with Gasteiger partial charge in [0.25, 0.3) is 0 Å². The Balaban J connectivity index is 1.55. The quantitative estimate of drug-likeness (QED) is 0.430. The average molecular weight is 397 g/mol. The maximum Gasteiger partial charge on any atom is 0.137 e. The first-order chi connectivity index (χ1) is 14.1.